The molecular formula is C20H25FN2O3S2. The van der Waals surface area contributed by atoms with Crippen molar-refractivity contribution in [3.63, 3.8) is 0 Å². The quantitative estimate of drug-likeness (QED) is 0.595. The largest absolute Gasteiger partial charge is 0.354 e. The van der Waals surface area contributed by atoms with E-state index in [1.807, 2.05) is 19.1 Å². The molecule has 0 aliphatic heterocycles. The summed E-state index contributed by atoms with van der Waals surface area (Å²) in [7, 11) is -3.60. The average molecular weight is 425 g/mol. The molecule has 1 N–H and O–H groups in total. The second-order valence-electron chi connectivity index (χ2n) is 6.25. The van der Waals surface area contributed by atoms with Crippen molar-refractivity contribution < 1.29 is 17.6 Å². The van der Waals surface area contributed by atoms with E-state index in [-0.39, 0.29) is 18.3 Å². The van der Waals surface area contributed by atoms with E-state index in [1.165, 1.54) is 17.8 Å². The number of para-hydroxylation sites is 1. The Morgan fingerprint density at radius 2 is 1.75 bits per heavy atom. The summed E-state index contributed by atoms with van der Waals surface area (Å²) in [4.78, 5) is 12.3. The fourth-order valence-corrected chi connectivity index (χ4v) is 4.41. The van der Waals surface area contributed by atoms with Gasteiger partial charge in [-0.3, -0.25) is 9.10 Å². The number of rotatable bonds is 10. The van der Waals surface area contributed by atoms with E-state index in [4.69, 9.17) is 0 Å². The van der Waals surface area contributed by atoms with Gasteiger partial charge in [0.15, 0.2) is 0 Å². The predicted octanol–water partition coefficient (Wildman–Crippen LogP) is 3.20. The molecule has 0 aromatic heterocycles. The van der Waals surface area contributed by atoms with Crippen molar-refractivity contribution in [1.29, 1.82) is 0 Å². The summed E-state index contributed by atoms with van der Waals surface area (Å²) < 4.78 is 39.1. The molecule has 5 nitrogen and oxygen atoms in total. The fourth-order valence-electron chi connectivity index (χ4n) is 2.68. The zero-order chi connectivity index (χ0) is 20.6. The molecule has 0 spiro atoms. The smallest absolute Gasteiger partial charge is 0.240 e. The number of aryl methyl sites for hydroxylation is 1. The molecule has 0 saturated heterocycles. The number of benzene rings is 2. The Balaban J connectivity index is 1.88. The number of carbonyl (C=O) groups is 1. The third-order valence-corrected chi connectivity index (χ3v) is 6.25. The minimum Gasteiger partial charge on any atom is -0.354 e. The van der Waals surface area contributed by atoms with Crippen LogP contribution < -0.4 is 9.62 Å². The van der Waals surface area contributed by atoms with Gasteiger partial charge in [0.1, 0.15) is 12.4 Å². The number of carbonyl (C=O) groups excluding carboxylic acids is 1. The lowest BCUT2D eigenvalue weighted by atomic mass is 10.1. The number of nitrogens with one attached hydrogen (secondary N) is 1. The maximum absolute atomic E-state index is 13.6. The zero-order valence-corrected chi connectivity index (χ0v) is 17.7. The van der Waals surface area contributed by atoms with E-state index >= 15 is 0 Å². The van der Waals surface area contributed by atoms with Gasteiger partial charge in [0, 0.05) is 18.1 Å². The number of nitrogens with zero attached hydrogens (tertiary/aromatic N) is 1. The summed E-state index contributed by atoms with van der Waals surface area (Å²) in [5.74, 6) is 0.507. The lowest BCUT2D eigenvalue weighted by molar-refractivity contribution is -0.119. The second kappa shape index (κ2) is 10.5. The molecule has 0 aliphatic rings. The highest BCUT2D eigenvalue weighted by Crippen LogP contribution is 2.23. The van der Waals surface area contributed by atoms with Crippen molar-refractivity contribution in [2.45, 2.75) is 19.1 Å². The van der Waals surface area contributed by atoms with Crippen LogP contribution in [-0.2, 0) is 27.0 Å². The highest BCUT2D eigenvalue weighted by Gasteiger charge is 2.22. The van der Waals surface area contributed by atoms with Crippen LogP contribution in [-0.4, -0.2) is 39.4 Å². The van der Waals surface area contributed by atoms with Gasteiger partial charge < -0.3 is 5.32 Å². The average Bonchev–Trinajstić information content (AvgIpc) is 2.66. The van der Waals surface area contributed by atoms with Crippen LogP contribution in [0.5, 0.6) is 0 Å². The number of amides is 1. The van der Waals surface area contributed by atoms with Crippen LogP contribution >= 0.6 is 11.8 Å². The number of sulfonamides is 1. The van der Waals surface area contributed by atoms with E-state index in [9.17, 15) is 17.6 Å². The van der Waals surface area contributed by atoms with Crippen molar-refractivity contribution in [3.05, 3.63) is 65.5 Å². The first kappa shape index (κ1) is 22.2. The molecule has 0 aliphatic carbocycles. The summed E-state index contributed by atoms with van der Waals surface area (Å²) in [6, 6.07) is 13.7. The van der Waals surface area contributed by atoms with Crippen LogP contribution in [0, 0.1) is 5.82 Å². The molecule has 0 bridgehead atoms. The first-order valence-corrected chi connectivity index (χ1v) is 12.0. The van der Waals surface area contributed by atoms with Gasteiger partial charge in [0.25, 0.3) is 0 Å². The van der Waals surface area contributed by atoms with Gasteiger partial charge in [-0.2, -0.15) is 11.8 Å². The summed E-state index contributed by atoms with van der Waals surface area (Å²) in [5.41, 5.74) is 2.01. The van der Waals surface area contributed by atoms with Crippen molar-refractivity contribution in [1.82, 2.24) is 5.32 Å². The van der Waals surface area contributed by atoms with Gasteiger partial charge in [0.05, 0.1) is 11.9 Å². The summed E-state index contributed by atoms with van der Waals surface area (Å²) in [6.45, 7) is 2.05. The lowest BCUT2D eigenvalue weighted by Gasteiger charge is -2.24. The van der Waals surface area contributed by atoms with Crippen LogP contribution in [0.2, 0.25) is 0 Å². The molecular weight excluding hydrogens is 399 g/mol. The number of halogens is 1. The lowest BCUT2D eigenvalue weighted by Crippen LogP contribution is -2.41. The summed E-state index contributed by atoms with van der Waals surface area (Å²) in [5, 5.41) is 2.73. The standard InChI is InChI=1S/C20H25FN2O3S2/c1-3-16-8-5-7-11-19(16)23(28(2,25)26)14-20(24)22-12-13-27-15-17-9-4-6-10-18(17)21/h4-11H,3,12-15H2,1-2H3,(H,22,24). The molecule has 0 heterocycles. The van der Waals surface area contributed by atoms with Gasteiger partial charge >= 0.3 is 0 Å². The Labute approximate surface area is 170 Å². The maximum Gasteiger partial charge on any atom is 0.240 e. The SMILES string of the molecule is CCc1ccccc1N(CC(=O)NCCSCc1ccccc1F)S(C)(=O)=O. The summed E-state index contributed by atoms with van der Waals surface area (Å²) in [6.07, 6.45) is 1.76. The van der Waals surface area contributed by atoms with Gasteiger partial charge in [-0.1, -0.05) is 43.3 Å². The predicted molar refractivity (Wildman–Crippen MR) is 114 cm³/mol. The molecule has 2 aromatic carbocycles. The van der Waals surface area contributed by atoms with E-state index in [0.29, 0.717) is 35.7 Å². The van der Waals surface area contributed by atoms with Crippen molar-refractivity contribution in [3.8, 4) is 0 Å². The molecule has 0 fully saturated rings. The van der Waals surface area contributed by atoms with Gasteiger partial charge in [-0.15, -0.1) is 0 Å². The van der Waals surface area contributed by atoms with Crippen LogP contribution in [0.15, 0.2) is 48.5 Å². The molecule has 28 heavy (non-hydrogen) atoms. The van der Waals surface area contributed by atoms with Crippen molar-refractivity contribution >= 4 is 33.4 Å². The topological polar surface area (TPSA) is 66.5 Å². The Bertz CT molecular complexity index is 904. The van der Waals surface area contributed by atoms with Crippen LogP contribution in [0.3, 0.4) is 0 Å². The van der Waals surface area contributed by atoms with Crippen LogP contribution in [0.25, 0.3) is 0 Å². The highest BCUT2D eigenvalue weighted by atomic mass is 32.2. The zero-order valence-electron chi connectivity index (χ0n) is 16.0. The minimum atomic E-state index is -3.60. The third kappa shape index (κ3) is 6.53. The monoisotopic (exact) mass is 424 g/mol. The number of hydrogen-bond acceptors (Lipinski definition) is 4. The van der Waals surface area contributed by atoms with Crippen molar-refractivity contribution in [2.75, 3.05) is 29.4 Å². The van der Waals surface area contributed by atoms with E-state index in [2.05, 4.69) is 5.32 Å². The van der Waals surface area contributed by atoms with E-state index in [0.717, 1.165) is 16.1 Å². The molecule has 152 valence electrons. The molecule has 8 heteroatoms. The number of anilines is 1. The molecule has 2 rings (SSSR count). The normalized spacial score (nSPS) is 11.2. The first-order chi connectivity index (χ1) is 13.3. The van der Waals surface area contributed by atoms with Crippen LogP contribution in [0.4, 0.5) is 10.1 Å². The summed E-state index contributed by atoms with van der Waals surface area (Å²) >= 11 is 1.50. The third-order valence-electron chi connectivity index (χ3n) is 4.11. The Morgan fingerprint density at radius 1 is 1.11 bits per heavy atom. The van der Waals surface area contributed by atoms with E-state index in [1.54, 1.807) is 30.3 Å². The van der Waals surface area contributed by atoms with Gasteiger partial charge in [-0.25, -0.2) is 12.8 Å². The second-order valence-corrected chi connectivity index (χ2v) is 9.26. The van der Waals surface area contributed by atoms with Crippen molar-refractivity contribution in [2.24, 2.45) is 0 Å². The van der Waals surface area contributed by atoms with E-state index < -0.39 is 10.0 Å². The molecule has 0 unspecified atom stereocenters. The fraction of sp³-hybridized carbons (Fsp3) is 0.350. The maximum atomic E-state index is 13.6. The molecule has 2 aromatic rings. The molecule has 0 radical (unpaired) electrons. The first-order valence-electron chi connectivity index (χ1n) is 8.96. The Morgan fingerprint density at radius 3 is 2.39 bits per heavy atom. The minimum absolute atomic E-state index is 0.239. The van der Waals surface area contributed by atoms with Gasteiger partial charge in [-0.05, 0) is 29.7 Å². The highest BCUT2D eigenvalue weighted by molar-refractivity contribution is 7.98. The van der Waals surface area contributed by atoms with Gasteiger partial charge in [0.2, 0.25) is 15.9 Å². The molecule has 0 saturated carbocycles. The van der Waals surface area contributed by atoms with Crippen LogP contribution in [0.1, 0.15) is 18.1 Å². The molecule has 1 amide bonds. The number of hydrogen-bond donors (Lipinski definition) is 1. The molecule has 0 atom stereocenters. The Hall–Kier alpha value is -2.06. The Kier molecular flexibility index (Phi) is 8.32. The number of thioether (sulfide) groups is 1.